The summed E-state index contributed by atoms with van der Waals surface area (Å²) in [6.45, 7) is 3.77. The van der Waals surface area contributed by atoms with Crippen molar-refractivity contribution in [2.24, 2.45) is 7.05 Å². The molecule has 0 fully saturated rings. The molecule has 0 aliphatic rings. The van der Waals surface area contributed by atoms with E-state index in [1.807, 2.05) is 27.0 Å². The Bertz CT molecular complexity index is 605. The molecule has 3 N–H and O–H groups in total. The highest BCUT2D eigenvalue weighted by molar-refractivity contribution is 5.99. The Hall–Kier alpha value is -2.37. The monoisotopic (exact) mass is 259 g/mol. The van der Waals surface area contributed by atoms with Crippen LogP contribution in [0.2, 0.25) is 0 Å². The number of rotatable bonds is 3. The summed E-state index contributed by atoms with van der Waals surface area (Å²) in [6.07, 6.45) is 1.60. The molecule has 0 saturated heterocycles. The van der Waals surface area contributed by atoms with E-state index in [2.05, 4.69) is 15.5 Å². The molecular formula is C13H17N5O. The van der Waals surface area contributed by atoms with Crippen molar-refractivity contribution in [3.63, 3.8) is 0 Å². The molecule has 0 spiro atoms. The van der Waals surface area contributed by atoms with Crippen LogP contribution in [0.3, 0.4) is 0 Å². The number of hydrogen-bond acceptors (Lipinski definition) is 4. The fourth-order valence-electron chi connectivity index (χ4n) is 1.89. The Kier molecular flexibility index (Phi) is 3.50. The van der Waals surface area contributed by atoms with E-state index in [0.29, 0.717) is 17.1 Å². The molecule has 100 valence electrons. The van der Waals surface area contributed by atoms with E-state index < -0.39 is 0 Å². The predicted molar refractivity (Wildman–Crippen MR) is 72.5 cm³/mol. The molecule has 1 aromatic carbocycles. The third-order valence-electron chi connectivity index (χ3n) is 2.93. The lowest BCUT2D eigenvalue weighted by Crippen LogP contribution is -2.29. The first-order valence-corrected chi connectivity index (χ1v) is 6.00. The Morgan fingerprint density at radius 2 is 2.21 bits per heavy atom. The van der Waals surface area contributed by atoms with Crippen LogP contribution in [-0.2, 0) is 7.05 Å². The van der Waals surface area contributed by atoms with Crippen LogP contribution in [0.5, 0.6) is 0 Å². The molecule has 1 heterocycles. The average molecular weight is 259 g/mol. The molecule has 2 rings (SSSR count). The van der Waals surface area contributed by atoms with Crippen molar-refractivity contribution in [3.05, 3.63) is 41.5 Å². The molecule has 1 unspecified atom stereocenters. The Labute approximate surface area is 111 Å². The quantitative estimate of drug-likeness (QED) is 0.811. The van der Waals surface area contributed by atoms with Gasteiger partial charge in [-0.25, -0.2) is 0 Å². The first kappa shape index (κ1) is 13.1. The van der Waals surface area contributed by atoms with Crippen LogP contribution in [0.25, 0.3) is 0 Å². The predicted octanol–water partition coefficient (Wildman–Crippen LogP) is 1.20. The molecule has 0 bridgehead atoms. The van der Waals surface area contributed by atoms with Gasteiger partial charge in [-0.05, 0) is 26.0 Å². The molecule has 6 heteroatoms. The number of benzene rings is 1. The van der Waals surface area contributed by atoms with Gasteiger partial charge in [0.25, 0.3) is 5.91 Å². The Morgan fingerprint density at radius 3 is 2.84 bits per heavy atom. The molecule has 2 aromatic rings. The van der Waals surface area contributed by atoms with Crippen LogP contribution >= 0.6 is 0 Å². The lowest BCUT2D eigenvalue weighted by atomic mass is 10.1. The Balaban J connectivity index is 2.17. The number of aryl methyl sites for hydroxylation is 2. The zero-order chi connectivity index (χ0) is 14.0. The number of amides is 1. The van der Waals surface area contributed by atoms with Crippen molar-refractivity contribution >= 4 is 11.6 Å². The maximum Gasteiger partial charge on any atom is 0.253 e. The second-order valence-electron chi connectivity index (χ2n) is 4.59. The van der Waals surface area contributed by atoms with E-state index in [1.54, 1.807) is 23.0 Å². The summed E-state index contributed by atoms with van der Waals surface area (Å²) in [6, 6.07) is 5.14. The molecule has 19 heavy (non-hydrogen) atoms. The standard InChI is InChI=1S/C13H17N5O/c1-8-4-5-11(14)10(6-8)13(19)16-9(2)12-17-15-7-18(12)3/h4-7,9H,14H2,1-3H3,(H,16,19). The SMILES string of the molecule is Cc1ccc(N)c(C(=O)NC(C)c2nncn2C)c1. The highest BCUT2D eigenvalue weighted by Crippen LogP contribution is 2.15. The number of hydrogen-bond donors (Lipinski definition) is 2. The molecule has 0 radical (unpaired) electrons. The summed E-state index contributed by atoms with van der Waals surface area (Å²) in [4.78, 5) is 12.2. The number of nitrogens with two attached hydrogens (primary N) is 1. The van der Waals surface area contributed by atoms with Gasteiger partial charge in [0, 0.05) is 12.7 Å². The number of anilines is 1. The van der Waals surface area contributed by atoms with Crippen LogP contribution in [0.15, 0.2) is 24.5 Å². The van der Waals surface area contributed by atoms with Crippen LogP contribution in [0.4, 0.5) is 5.69 Å². The van der Waals surface area contributed by atoms with E-state index in [4.69, 9.17) is 5.73 Å². The first-order chi connectivity index (χ1) is 8.99. The third-order valence-corrected chi connectivity index (χ3v) is 2.93. The number of nitrogens with one attached hydrogen (secondary N) is 1. The van der Waals surface area contributed by atoms with Gasteiger partial charge in [0.1, 0.15) is 6.33 Å². The van der Waals surface area contributed by atoms with Gasteiger partial charge in [-0.2, -0.15) is 0 Å². The van der Waals surface area contributed by atoms with Gasteiger partial charge >= 0.3 is 0 Å². The van der Waals surface area contributed by atoms with E-state index in [0.717, 1.165) is 5.56 Å². The average Bonchev–Trinajstić information content (AvgIpc) is 2.78. The maximum absolute atomic E-state index is 12.2. The van der Waals surface area contributed by atoms with Crippen molar-refractivity contribution in [2.75, 3.05) is 5.73 Å². The van der Waals surface area contributed by atoms with Crippen molar-refractivity contribution in [2.45, 2.75) is 19.9 Å². The summed E-state index contributed by atoms with van der Waals surface area (Å²) in [5.41, 5.74) is 7.76. The van der Waals surface area contributed by atoms with E-state index in [-0.39, 0.29) is 11.9 Å². The van der Waals surface area contributed by atoms with E-state index in [9.17, 15) is 4.79 Å². The van der Waals surface area contributed by atoms with Gasteiger partial charge in [-0.15, -0.1) is 10.2 Å². The van der Waals surface area contributed by atoms with Crippen LogP contribution in [0, 0.1) is 6.92 Å². The number of aromatic nitrogens is 3. The second-order valence-corrected chi connectivity index (χ2v) is 4.59. The maximum atomic E-state index is 12.2. The summed E-state index contributed by atoms with van der Waals surface area (Å²) in [5, 5.41) is 10.6. The van der Waals surface area contributed by atoms with Gasteiger partial charge in [-0.3, -0.25) is 4.79 Å². The molecule has 1 amide bonds. The number of carbonyl (C=O) groups is 1. The number of nitrogens with zero attached hydrogens (tertiary/aromatic N) is 3. The lowest BCUT2D eigenvalue weighted by molar-refractivity contribution is 0.0938. The van der Waals surface area contributed by atoms with Gasteiger partial charge in [0.15, 0.2) is 5.82 Å². The van der Waals surface area contributed by atoms with Crippen LogP contribution in [0.1, 0.15) is 34.7 Å². The minimum atomic E-state index is -0.236. The zero-order valence-corrected chi connectivity index (χ0v) is 11.2. The molecule has 6 nitrogen and oxygen atoms in total. The van der Waals surface area contributed by atoms with Crippen molar-refractivity contribution < 1.29 is 4.79 Å². The minimum Gasteiger partial charge on any atom is -0.398 e. The van der Waals surface area contributed by atoms with Crippen molar-refractivity contribution in [3.8, 4) is 0 Å². The fourth-order valence-corrected chi connectivity index (χ4v) is 1.89. The number of carbonyl (C=O) groups excluding carboxylic acids is 1. The summed E-state index contributed by atoms with van der Waals surface area (Å²) in [5.74, 6) is 0.483. The van der Waals surface area contributed by atoms with Crippen molar-refractivity contribution in [1.82, 2.24) is 20.1 Å². The zero-order valence-electron chi connectivity index (χ0n) is 11.2. The minimum absolute atomic E-state index is 0.211. The molecule has 1 aromatic heterocycles. The topological polar surface area (TPSA) is 85.8 Å². The molecule has 0 aliphatic carbocycles. The van der Waals surface area contributed by atoms with E-state index >= 15 is 0 Å². The lowest BCUT2D eigenvalue weighted by Gasteiger charge is -2.14. The van der Waals surface area contributed by atoms with Gasteiger partial charge < -0.3 is 15.6 Å². The summed E-state index contributed by atoms with van der Waals surface area (Å²) >= 11 is 0. The highest BCUT2D eigenvalue weighted by atomic mass is 16.1. The van der Waals surface area contributed by atoms with Crippen LogP contribution in [-0.4, -0.2) is 20.7 Å². The first-order valence-electron chi connectivity index (χ1n) is 6.00. The van der Waals surface area contributed by atoms with E-state index in [1.165, 1.54) is 0 Å². The number of nitrogen functional groups attached to an aromatic ring is 1. The smallest absolute Gasteiger partial charge is 0.253 e. The molecule has 0 aliphatic heterocycles. The third kappa shape index (κ3) is 2.73. The molecular weight excluding hydrogens is 242 g/mol. The highest BCUT2D eigenvalue weighted by Gasteiger charge is 2.17. The Morgan fingerprint density at radius 1 is 1.47 bits per heavy atom. The van der Waals surface area contributed by atoms with Gasteiger partial charge in [-0.1, -0.05) is 11.6 Å². The summed E-state index contributed by atoms with van der Waals surface area (Å²) in [7, 11) is 1.83. The van der Waals surface area contributed by atoms with Gasteiger partial charge in [0.2, 0.25) is 0 Å². The molecule has 1 atom stereocenters. The summed E-state index contributed by atoms with van der Waals surface area (Å²) < 4.78 is 1.77. The van der Waals surface area contributed by atoms with Gasteiger partial charge in [0.05, 0.1) is 11.6 Å². The second kappa shape index (κ2) is 5.09. The van der Waals surface area contributed by atoms with Crippen molar-refractivity contribution in [1.29, 1.82) is 0 Å². The largest absolute Gasteiger partial charge is 0.398 e. The molecule has 0 saturated carbocycles. The normalized spacial score (nSPS) is 12.2. The van der Waals surface area contributed by atoms with Crippen LogP contribution < -0.4 is 11.1 Å². The fraction of sp³-hybridized carbons (Fsp3) is 0.308.